The van der Waals surface area contributed by atoms with E-state index in [4.69, 9.17) is 10.00 Å². The fraction of sp³-hybridized carbons (Fsp3) is 0.286. The van der Waals surface area contributed by atoms with Crippen LogP contribution in [0.15, 0.2) is 36.1 Å². The second-order valence-electron chi connectivity index (χ2n) is 4.23. The van der Waals surface area contributed by atoms with Crippen molar-refractivity contribution in [1.82, 2.24) is 0 Å². The van der Waals surface area contributed by atoms with Crippen molar-refractivity contribution in [3.63, 3.8) is 0 Å². The normalized spacial score (nSPS) is 23.1. The van der Waals surface area contributed by atoms with Crippen molar-refractivity contribution < 1.29 is 14.6 Å². The lowest BCUT2D eigenvalue weighted by molar-refractivity contribution is -0.115. The van der Waals surface area contributed by atoms with Gasteiger partial charge in [0.05, 0.1) is 13.2 Å². The van der Waals surface area contributed by atoms with Gasteiger partial charge >= 0.3 is 0 Å². The molecule has 0 fully saturated rings. The summed E-state index contributed by atoms with van der Waals surface area (Å²) in [6, 6.07) is 9.25. The Morgan fingerprint density at radius 3 is 2.61 bits per heavy atom. The average Bonchev–Trinajstić information content (AvgIpc) is 2.38. The molecule has 1 aromatic rings. The molecule has 1 aromatic carbocycles. The van der Waals surface area contributed by atoms with E-state index in [-0.39, 0.29) is 23.9 Å². The van der Waals surface area contributed by atoms with Crippen LogP contribution in [0.5, 0.6) is 5.75 Å². The number of carbonyl (C=O) groups is 1. The summed E-state index contributed by atoms with van der Waals surface area (Å²) >= 11 is 0. The molecule has 0 spiro atoms. The summed E-state index contributed by atoms with van der Waals surface area (Å²) in [5, 5.41) is 18.8. The number of nitrogens with zero attached hydrogens (tertiary/aromatic N) is 1. The number of hydrogen-bond acceptors (Lipinski definition) is 4. The van der Waals surface area contributed by atoms with E-state index < -0.39 is 5.92 Å². The summed E-state index contributed by atoms with van der Waals surface area (Å²) in [4.78, 5) is 11.5. The quantitative estimate of drug-likeness (QED) is 0.865. The van der Waals surface area contributed by atoms with Gasteiger partial charge in [-0.3, -0.25) is 4.79 Å². The molecule has 2 atom stereocenters. The molecule has 0 aliphatic heterocycles. The first-order valence-corrected chi connectivity index (χ1v) is 5.62. The summed E-state index contributed by atoms with van der Waals surface area (Å²) in [5.74, 6) is -0.530. The van der Waals surface area contributed by atoms with Crippen LogP contribution in [0.2, 0.25) is 0 Å². The highest BCUT2D eigenvalue weighted by molar-refractivity contribution is 5.92. The van der Waals surface area contributed by atoms with Crippen LogP contribution >= 0.6 is 0 Å². The Bertz CT molecular complexity index is 525. The maximum absolute atomic E-state index is 11.5. The largest absolute Gasteiger partial charge is 0.511 e. The van der Waals surface area contributed by atoms with E-state index >= 15 is 0 Å². The Labute approximate surface area is 105 Å². The van der Waals surface area contributed by atoms with Crippen LogP contribution in [0.3, 0.4) is 0 Å². The molecule has 0 saturated carbocycles. The minimum absolute atomic E-state index is 0.144. The van der Waals surface area contributed by atoms with Crippen molar-refractivity contribution in [2.24, 2.45) is 5.92 Å². The number of ketones is 1. The van der Waals surface area contributed by atoms with Gasteiger partial charge in [-0.2, -0.15) is 5.26 Å². The maximum Gasteiger partial charge on any atom is 0.159 e. The molecule has 1 N–H and O–H groups in total. The van der Waals surface area contributed by atoms with E-state index in [1.54, 1.807) is 19.2 Å². The number of aliphatic hydroxyl groups is 1. The molecule has 0 heterocycles. The van der Waals surface area contributed by atoms with Crippen molar-refractivity contribution in [1.29, 1.82) is 5.26 Å². The van der Waals surface area contributed by atoms with Gasteiger partial charge in [0.2, 0.25) is 0 Å². The van der Waals surface area contributed by atoms with E-state index in [0.29, 0.717) is 5.75 Å². The molecule has 0 amide bonds. The van der Waals surface area contributed by atoms with Crippen molar-refractivity contribution in [2.75, 3.05) is 7.11 Å². The molecular formula is C14H13NO3. The van der Waals surface area contributed by atoms with Crippen LogP contribution in [-0.4, -0.2) is 18.0 Å². The molecule has 0 radical (unpaired) electrons. The van der Waals surface area contributed by atoms with Crippen LogP contribution in [0, 0.1) is 17.2 Å². The Hall–Kier alpha value is -2.28. The summed E-state index contributed by atoms with van der Waals surface area (Å²) < 4.78 is 5.06. The zero-order valence-electron chi connectivity index (χ0n) is 9.96. The first kappa shape index (κ1) is 12.2. The zero-order valence-corrected chi connectivity index (χ0v) is 9.96. The smallest absolute Gasteiger partial charge is 0.159 e. The number of rotatable bonds is 2. The number of carbonyl (C=O) groups excluding carboxylic acids is 1. The Balaban J connectivity index is 2.34. The molecule has 4 heteroatoms. The topological polar surface area (TPSA) is 70.3 Å². The van der Waals surface area contributed by atoms with Crippen LogP contribution in [-0.2, 0) is 4.79 Å². The maximum atomic E-state index is 11.5. The van der Waals surface area contributed by atoms with Crippen molar-refractivity contribution >= 4 is 5.78 Å². The van der Waals surface area contributed by atoms with Gasteiger partial charge in [-0.05, 0) is 17.7 Å². The average molecular weight is 243 g/mol. The third-order valence-corrected chi connectivity index (χ3v) is 3.13. The number of benzene rings is 1. The van der Waals surface area contributed by atoms with Crippen molar-refractivity contribution in [2.45, 2.75) is 12.3 Å². The lowest BCUT2D eigenvalue weighted by Gasteiger charge is -2.24. The van der Waals surface area contributed by atoms with Crippen LogP contribution in [0.1, 0.15) is 17.9 Å². The van der Waals surface area contributed by atoms with E-state index in [1.165, 1.54) is 0 Å². The minimum atomic E-state index is -0.656. The first-order chi connectivity index (χ1) is 8.65. The van der Waals surface area contributed by atoms with E-state index in [9.17, 15) is 9.90 Å². The molecule has 0 saturated heterocycles. The fourth-order valence-electron chi connectivity index (χ4n) is 2.17. The van der Waals surface area contributed by atoms with Gasteiger partial charge in [-0.25, -0.2) is 0 Å². The van der Waals surface area contributed by atoms with Gasteiger partial charge in [-0.1, -0.05) is 12.1 Å². The highest BCUT2D eigenvalue weighted by Crippen LogP contribution is 2.36. The summed E-state index contributed by atoms with van der Waals surface area (Å²) in [6.07, 6.45) is 1.39. The van der Waals surface area contributed by atoms with Gasteiger partial charge in [0.25, 0.3) is 0 Å². The Kier molecular flexibility index (Phi) is 3.33. The lowest BCUT2D eigenvalue weighted by Crippen LogP contribution is -2.22. The van der Waals surface area contributed by atoms with E-state index in [2.05, 4.69) is 0 Å². The number of ether oxygens (including phenoxy) is 1. The summed E-state index contributed by atoms with van der Waals surface area (Å²) in [6.45, 7) is 0. The number of allylic oxidation sites excluding steroid dienone is 2. The number of aliphatic hydroxyl groups excluding tert-OH is 1. The molecule has 2 rings (SSSR count). The highest BCUT2D eigenvalue weighted by Gasteiger charge is 2.32. The molecule has 1 aliphatic rings. The first-order valence-electron chi connectivity index (χ1n) is 5.62. The molecule has 1 aliphatic carbocycles. The van der Waals surface area contributed by atoms with E-state index in [1.807, 2.05) is 18.2 Å². The predicted octanol–water partition coefficient (Wildman–Crippen LogP) is 2.33. The van der Waals surface area contributed by atoms with Gasteiger partial charge in [0.1, 0.15) is 17.4 Å². The Morgan fingerprint density at radius 1 is 1.39 bits per heavy atom. The van der Waals surface area contributed by atoms with Gasteiger partial charge in [-0.15, -0.1) is 0 Å². The second-order valence-corrected chi connectivity index (χ2v) is 4.23. The molecule has 0 aromatic heterocycles. The van der Waals surface area contributed by atoms with Crippen molar-refractivity contribution in [3.05, 3.63) is 41.7 Å². The third kappa shape index (κ3) is 2.21. The van der Waals surface area contributed by atoms with Gasteiger partial charge < -0.3 is 9.84 Å². The lowest BCUT2D eigenvalue weighted by atomic mass is 9.78. The fourth-order valence-corrected chi connectivity index (χ4v) is 2.17. The Morgan fingerprint density at radius 2 is 2.06 bits per heavy atom. The molecule has 2 unspecified atom stereocenters. The molecule has 92 valence electrons. The summed E-state index contributed by atoms with van der Waals surface area (Å²) in [5.41, 5.74) is 0.857. The molecular weight excluding hydrogens is 230 g/mol. The number of nitriles is 1. The van der Waals surface area contributed by atoms with E-state index in [0.717, 1.165) is 11.6 Å². The van der Waals surface area contributed by atoms with Crippen LogP contribution in [0.25, 0.3) is 0 Å². The van der Waals surface area contributed by atoms with Crippen molar-refractivity contribution in [3.8, 4) is 11.8 Å². The van der Waals surface area contributed by atoms with Gasteiger partial charge in [0, 0.05) is 18.4 Å². The minimum Gasteiger partial charge on any atom is -0.511 e. The third-order valence-electron chi connectivity index (χ3n) is 3.13. The summed E-state index contributed by atoms with van der Waals surface area (Å²) in [7, 11) is 1.58. The van der Waals surface area contributed by atoms with Gasteiger partial charge in [0.15, 0.2) is 5.78 Å². The predicted molar refractivity (Wildman–Crippen MR) is 65.2 cm³/mol. The highest BCUT2D eigenvalue weighted by atomic mass is 16.5. The zero-order chi connectivity index (χ0) is 13.1. The standard InChI is InChI=1S/C14H13NO3/c1-18-11-4-2-9(3-5-11)12-6-10(16)7-14(17)13(12)8-15/h2-5,7,12-13,17H,6H2,1H3. The van der Waals surface area contributed by atoms with Crippen LogP contribution < -0.4 is 4.74 Å². The molecule has 18 heavy (non-hydrogen) atoms. The SMILES string of the molecule is COc1ccc(C2CC(=O)C=C(O)C2C#N)cc1. The molecule has 4 nitrogen and oxygen atoms in total. The second kappa shape index (κ2) is 4.92. The number of methoxy groups -OCH3 is 1. The monoisotopic (exact) mass is 243 g/mol. The molecule has 0 bridgehead atoms. The van der Waals surface area contributed by atoms with Crippen LogP contribution in [0.4, 0.5) is 0 Å². The number of hydrogen-bond donors (Lipinski definition) is 1.